The normalized spacial score (nSPS) is 13.0. The van der Waals surface area contributed by atoms with Gasteiger partial charge in [-0.05, 0) is 30.3 Å². The predicted molar refractivity (Wildman–Crippen MR) is 153 cm³/mol. The first-order chi connectivity index (χ1) is 20.4. The zero-order valence-electron chi connectivity index (χ0n) is 22.8. The Bertz CT molecular complexity index is 1800. The molecular weight excluding hydrogens is 541 g/mol. The van der Waals surface area contributed by atoms with Crippen LogP contribution in [0, 0.1) is 5.82 Å². The number of nitrogens with zero attached hydrogens (tertiary/aromatic N) is 6. The van der Waals surface area contributed by atoms with Gasteiger partial charge in [-0.2, -0.15) is 5.10 Å². The van der Waals surface area contributed by atoms with Crippen molar-refractivity contribution in [1.82, 2.24) is 29.6 Å². The van der Waals surface area contributed by atoms with Crippen LogP contribution in [-0.2, 0) is 11.8 Å². The lowest BCUT2D eigenvalue weighted by atomic mass is 10.1. The summed E-state index contributed by atoms with van der Waals surface area (Å²) in [5.41, 5.74) is 2.31. The molecule has 6 rings (SSSR count). The van der Waals surface area contributed by atoms with Crippen LogP contribution in [0.2, 0.25) is 0 Å². The van der Waals surface area contributed by atoms with Crippen LogP contribution in [0.4, 0.5) is 15.9 Å². The van der Waals surface area contributed by atoms with E-state index in [9.17, 15) is 4.79 Å². The average Bonchev–Trinajstić information content (AvgIpc) is 3.42. The molecule has 1 fully saturated rings. The number of halogens is 1. The van der Waals surface area contributed by atoms with Gasteiger partial charge in [-0.3, -0.25) is 14.5 Å². The molecule has 1 aliphatic rings. The van der Waals surface area contributed by atoms with Crippen LogP contribution in [0.25, 0.3) is 22.2 Å². The molecule has 0 spiro atoms. The molecule has 3 aromatic heterocycles. The lowest BCUT2D eigenvalue weighted by Crippen LogP contribution is -2.55. The Morgan fingerprint density at radius 3 is 2.67 bits per heavy atom. The fourth-order valence-corrected chi connectivity index (χ4v) is 4.53. The zero-order valence-corrected chi connectivity index (χ0v) is 22.8. The molecule has 0 radical (unpaired) electrons. The second-order valence-corrected chi connectivity index (χ2v) is 9.58. The van der Waals surface area contributed by atoms with E-state index in [0.29, 0.717) is 58.5 Å². The van der Waals surface area contributed by atoms with Gasteiger partial charge < -0.3 is 24.4 Å². The highest BCUT2D eigenvalue weighted by Crippen LogP contribution is 2.37. The summed E-state index contributed by atoms with van der Waals surface area (Å²) in [5, 5.41) is 7.82. The third-order valence-corrected chi connectivity index (χ3v) is 6.71. The minimum absolute atomic E-state index is 0.145. The van der Waals surface area contributed by atoms with Gasteiger partial charge in [-0.25, -0.2) is 14.4 Å². The fraction of sp³-hybridized carbons (Fsp3) is 0.167. The molecule has 42 heavy (non-hydrogen) atoms. The Labute approximate surface area is 240 Å². The van der Waals surface area contributed by atoms with E-state index in [4.69, 9.17) is 14.2 Å². The molecule has 11 nitrogen and oxygen atoms in total. The standard InChI is InChI=1S/C30H26FN7O4/c1-4-29(39)38-15-21(16-38)42-28-11-22-26(12-27(28)40-3)33-17-34-30(22)36-24-6-5-19(9-23(24)31)41-20-7-8-32-25(10-20)18-13-35-37(2)14-18/h4-14,17,21H,1,15-16H2,2-3H3,(H,33,34,36). The number of ether oxygens (including phenoxy) is 3. The molecule has 0 atom stereocenters. The second kappa shape index (κ2) is 11.2. The highest BCUT2D eigenvalue weighted by atomic mass is 19.1. The van der Waals surface area contributed by atoms with Gasteiger partial charge in [0.2, 0.25) is 5.91 Å². The SMILES string of the molecule is C=CC(=O)N1CC(Oc2cc3c(Nc4ccc(Oc5ccnc(-c6cnn(C)c6)c5)cc4F)ncnc3cc2OC)C1. The molecular formula is C30H26FN7O4. The van der Waals surface area contributed by atoms with Crippen molar-refractivity contribution in [3.05, 3.63) is 85.9 Å². The number of aromatic nitrogens is 5. The first-order valence-corrected chi connectivity index (χ1v) is 13.0. The van der Waals surface area contributed by atoms with Crippen LogP contribution in [0.1, 0.15) is 0 Å². The first kappa shape index (κ1) is 26.7. The first-order valence-electron chi connectivity index (χ1n) is 13.0. The van der Waals surface area contributed by atoms with Crippen LogP contribution >= 0.6 is 0 Å². The number of pyridine rings is 1. The molecule has 212 valence electrons. The van der Waals surface area contributed by atoms with Gasteiger partial charge in [0, 0.05) is 48.6 Å². The number of hydrogen-bond acceptors (Lipinski definition) is 9. The molecule has 1 aliphatic heterocycles. The summed E-state index contributed by atoms with van der Waals surface area (Å²) in [4.78, 5) is 26.4. The fourth-order valence-electron chi connectivity index (χ4n) is 4.53. The molecule has 1 N–H and O–H groups in total. The van der Waals surface area contributed by atoms with E-state index in [0.717, 1.165) is 5.56 Å². The van der Waals surface area contributed by atoms with Crippen molar-refractivity contribution in [2.45, 2.75) is 6.10 Å². The summed E-state index contributed by atoms with van der Waals surface area (Å²) in [6.07, 6.45) is 7.64. The Balaban J connectivity index is 1.21. The zero-order chi connectivity index (χ0) is 29.2. The molecule has 0 aliphatic carbocycles. The average molecular weight is 568 g/mol. The van der Waals surface area contributed by atoms with E-state index < -0.39 is 5.82 Å². The monoisotopic (exact) mass is 567 g/mol. The van der Waals surface area contributed by atoms with Crippen molar-refractivity contribution in [2.24, 2.45) is 7.05 Å². The van der Waals surface area contributed by atoms with Crippen LogP contribution in [0.3, 0.4) is 0 Å². The minimum Gasteiger partial charge on any atom is -0.493 e. The van der Waals surface area contributed by atoms with Crippen molar-refractivity contribution in [3.8, 4) is 34.3 Å². The number of carbonyl (C=O) groups excluding carboxylic acids is 1. The highest BCUT2D eigenvalue weighted by molar-refractivity contribution is 5.93. The second-order valence-electron chi connectivity index (χ2n) is 9.58. The Morgan fingerprint density at radius 2 is 1.93 bits per heavy atom. The Morgan fingerprint density at radius 1 is 1.10 bits per heavy atom. The summed E-state index contributed by atoms with van der Waals surface area (Å²) in [7, 11) is 3.36. The summed E-state index contributed by atoms with van der Waals surface area (Å²) in [6, 6.07) is 11.5. The predicted octanol–water partition coefficient (Wildman–Crippen LogP) is 4.88. The molecule has 2 aromatic carbocycles. The lowest BCUT2D eigenvalue weighted by molar-refractivity contribution is -0.134. The maximum atomic E-state index is 15.2. The summed E-state index contributed by atoms with van der Waals surface area (Å²) < 4.78 is 34.5. The van der Waals surface area contributed by atoms with Gasteiger partial charge in [0.05, 0.1) is 43.3 Å². The number of aryl methyl sites for hydroxylation is 1. The number of fused-ring (bicyclic) bond motifs is 1. The summed E-state index contributed by atoms with van der Waals surface area (Å²) in [5.74, 6) is 1.48. The van der Waals surface area contributed by atoms with E-state index in [1.54, 1.807) is 58.4 Å². The number of carbonyl (C=O) groups is 1. The van der Waals surface area contributed by atoms with Crippen molar-refractivity contribution in [2.75, 3.05) is 25.5 Å². The maximum Gasteiger partial charge on any atom is 0.246 e. The molecule has 0 bridgehead atoms. The number of anilines is 2. The van der Waals surface area contributed by atoms with Crippen molar-refractivity contribution >= 4 is 28.3 Å². The Kier molecular flexibility index (Phi) is 7.09. The third kappa shape index (κ3) is 5.42. The van der Waals surface area contributed by atoms with Crippen molar-refractivity contribution in [3.63, 3.8) is 0 Å². The molecule has 5 aromatic rings. The topological polar surface area (TPSA) is 117 Å². The molecule has 4 heterocycles. The molecule has 12 heteroatoms. The lowest BCUT2D eigenvalue weighted by Gasteiger charge is -2.38. The number of likely N-dealkylation sites (tertiary alicyclic amines) is 1. The molecule has 1 amide bonds. The summed E-state index contributed by atoms with van der Waals surface area (Å²) >= 11 is 0. The van der Waals surface area contributed by atoms with Gasteiger partial charge in [-0.15, -0.1) is 0 Å². The summed E-state index contributed by atoms with van der Waals surface area (Å²) in [6.45, 7) is 4.38. The minimum atomic E-state index is -0.535. The number of methoxy groups -OCH3 is 1. The van der Waals surface area contributed by atoms with Gasteiger partial charge in [0.1, 0.15) is 35.6 Å². The Hall–Kier alpha value is -5.52. The van der Waals surface area contributed by atoms with Crippen LogP contribution in [0.5, 0.6) is 23.0 Å². The van der Waals surface area contributed by atoms with Crippen LogP contribution in [-0.4, -0.2) is 61.8 Å². The van der Waals surface area contributed by atoms with E-state index >= 15 is 4.39 Å². The molecule has 0 saturated carbocycles. The largest absolute Gasteiger partial charge is 0.493 e. The van der Waals surface area contributed by atoms with Gasteiger partial charge >= 0.3 is 0 Å². The van der Waals surface area contributed by atoms with Gasteiger partial charge in [0.15, 0.2) is 11.5 Å². The van der Waals surface area contributed by atoms with Gasteiger partial charge in [0.25, 0.3) is 0 Å². The number of rotatable bonds is 9. The smallest absolute Gasteiger partial charge is 0.246 e. The molecule has 0 unspecified atom stereocenters. The molecule has 1 saturated heterocycles. The number of hydrogen-bond donors (Lipinski definition) is 1. The third-order valence-electron chi connectivity index (χ3n) is 6.71. The number of nitrogens with one attached hydrogen (secondary N) is 1. The van der Waals surface area contributed by atoms with E-state index in [2.05, 4.69) is 31.9 Å². The van der Waals surface area contributed by atoms with Crippen LogP contribution in [0.15, 0.2) is 80.0 Å². The highest BCUT2D eigenvalue weighted by Gasteiger charge is 2.31. The quantitative estimate of drug-likeness (QED) is 0.249. The maximum absolute atomic E-state index is 15.2. The van der Waals surface area contributed by atoms with Crippen molar-refractivity contribution < 1.29 is 23.4 Å². The van der Waals surface area contributed by atoms with E-state index in [1.807, 2.05) is 13.2 Å². The van der Waals surface area contributed by atoms with Crippen LogP contribution < -0.4 is 19.5 Å². The number of benzene rings is 2. The van der Waals surface area contributed by atoms with Crippen molar-refractivity contribution in [1.29, 1.82) is 0 Å². The van der Waals surface area contributed by atoms with Gasteiger partial charge in [-0.1, -0.05) is 6.58 Å². The number of amides is 1. The van der Waals surface area contributed by atoms with E-state index in [-0.39, 0.29) is 17.7 Å². The van der Waals surface area contributed by atoms with E-state index in [1.165, 1.54) is 25.6 Å².